The Bertz CT molecular complexity index is 1340. The molecule has 38 heavy (non-hydrogen) atoms. The summed E-state index contributed by atoms with van der Waals surface area (Å²) in [7, 11) is 1.10. The maximum atomic E-state index is 15.0. The first-order chi connectivity index (χ1) is 17.6. The van der Waals surface area contributed by atoms with Gasteiger partial charge in [-0.1, -0.05) is 40.9 Å². The summed E-state index contributed by atoms with van der Waals surface area (Å²) in [6.45, 7) is 0. The molecule has 2 aromatic carbocycles. The number of allylic oxidation sites excluding steroid dienone is 1. The second kappa shape index (κ2) is 11.3. The number of hydrogen-bond donors (Lipinski definition) is 1. The van der Waals surface area contributed by atoms with Crippen LogP contribution in [0.25, 0.3) is 5.83 Å². The number of carbonyl (C=O) groups is 1. The zero-order valence-electron chi connectivity index (χ0n) is 18.8. The molecule has 0 fully saturated rings. The van der Waals surface area contributed by atoms with Crippen LogP contribution in [0.2, 0.25) is 15.1 Å². The molecule has 1 aromatic heterocycles. The van der Waals surface area contributed by atoms with Gasteiger partial charge in [0.25, 0.3) is 5.91 Å². The Morgan fingerprint density at radius 3 is 2.11 bits per heavy atom. The van der Waals surface area contributed by atoms with Gasteiger partial charge in [0, 0.05) is 25.0 Å². The largest absolute Gasteiger partial charge is 0.417 e. The minimum Gasteiger partial charge on any atom is -0.267 e. The molecular formula is C23H14Cl3F7N4O. The summed E-state index contributed by atoms with van der Waals surface area (Å²) < 4.78 is 97.7. The van der Waals surface area contributed by atoms with Crippen LogP contribution in [0, 0.1) is 0 Å². The number of carbonyl (C=O) groups excluding carboxylic acids is 1. The summed E-state index contributed by atoms with van der Waals surface area (Å²) >= 11 is 17.3. The van der Waals surface area contributed by atoms with Gasteiger partial charge in [0.15, 0.2) is 0 Å². The summed E-state index contributed by atoms with van der Waals surface area (Å²) in [5.74, 6) is -5.56. The third-order valence-corrected chi connectivity index (χ3v) is 6.20. The summed E-state index contributed by atoms with van der Waals surface area (Å²) in [5.41, 5.74) is -1.54. The van der Waals surface area contributed by atoms with E-state index in [4.69, 9.17) is 34.8 Å². The molecule has 3 rings (SSSR count). The summed E-state index contributed by atoms with van der Waals surface area (Å²) in [6, 6.07) is 4.74. The monoisotopic (exact) mass is 600 g/mol. The average molecular weight is 602 g/mol. The van der Waals surface area contributed by atoms with Crippen LogP contribution in [0.4, 0.5) is 36.7 Å². The van der Waals surface area contributed by atoms with Crippen LogP contribution in [0.3, 0.4) is 0 Å². The second-order valence-corrected chi connectivity index (χ2v) is 8.83. The minimum atomic E-state index is -5.16. The van der Waals surface area contributed by atoms with E-state index in [1.165, 1.54) is 18.5 Å². The molecule has 1 unspecified atom stereocenters. The maximum absolute atomic E-state index is 15.0. The maximum Gasteiger partial charge on any atom is 0.417 e. The van der Waals surface area contributed by atoms with E-state index in [9.17, 15) is 31.1 Å². The molecule has 1 N–H and O–H groups in total. The quantitative estimate of drug-likeness (QED) is 0.176. The zero-order chi connectivity index (χ0) is 28.4. The fourth-order valence-electron chi connectivity index (χ4n) is 3.23. The van der Waals surface area contributed by atoms with Crippen molar-refractivity contribution in [3.8, 4) is 0 Å². The van der Waals surface area contributed by atoms with Crippen LogP contribution in [0.1, 0.15) is 33.0 Å². The molecule has 1 amide bonds. The number of halogens is 10. The Morgan fingerprint density at radius 1 is 1.00 bits per heavy atom. The number of benzene rings is 2. The van der Waals surface area contributed by atoms with Gasteiger partial charge in [-0.25, -0.2) is 14.4 Å². The van der Waals surface area contributed by atoms with E-state index in [2.05, 4.69) is 15.4 Å². The Balaban J connectivity index is 2.02. The molecule has 202 valence electrons. The average Bonchev–Trinajstić information content (AvgIpc) is 2.84. The van der Waals surface area contributed by atoms with Gasteiger partial charge in [-0.05, 0) is 42.0 Å². The van der Waals surface area contributed by atoms with Crippen molar-refractivity contribution in [2.75, 3.05) is 12.5 Å². The summed E-state index contributed by atoms with van der Waals surface area (Å²) in [4.78, 5) is 20.3. The van der Waals surface area contributed by atoms with Gasteiger partial charge in [-0.3, -0.25) is 15.2 Å². The van der Waals surface area contributed by atoms with Crippen molar-refractivity contribution in [3.05, 3.63) is 92.2 Å². The van der Waals surface area contributed by atoms with Gasteiger partial charge in [0.1, 0.15) is 11.7 Å². The molecule has 1 atom stereocenters. The molecule has 0 spiro atoms. The van der Waals surface area contributed by atoms with Gasteiger partial charge in [0.2, 0.25) is 5.95 Å². The SMILES string of the molecule is CN(Nc1ncccn1)C(=O)c1ccc(C(F)=CC(c2cc(Cl)c(Cl)c(Cl)c2)C(F)(F)F)cc1C(F)(F)F. The van der Waals surface area contributed by atoms with E-state index in [0.717, 1.165) is 25.2 Å². The highest BCUT2D eigenvalue weighted by Gasteiger charge is 2.41. The van der Waals surface area contributed by atoms with Gasteiger partial charge in [-0.2, -0.15) is 26.3 Å². The number of amides is 1. The highest BCUT2D eigenvalue weighted by molar-refractivity contribution is 6.48. The van der Waals surface area contributed by atoms with Crippen LogP contribution >= 0.6 is 34.8 Å². The Hall–Kier alpha value is -3.09. The molecule has 0 saturated heterocycles. The molecule has 3 aromatic rings. The van der Waals surface area contributed by atoms with Crippen molar-refractivity contribution in [1.82, 2.24) is 15.0 Å². The number of nitrogens with zero attached hydrogens (tertiary/aromatic N) is 3. The third kappa shape index (κ3) is 6.86. The Morgan fingerprint density at radius 2 is 1.58 bits per heavy atom. The van der Waals surface area contributed by atoms with Gasteiger partial charge < -0.3 is 0 Å². The molecule has 0 bridgehead atoms. The number of hydrogen-bond acceptors (Lipinski definition) is 4. The van der Waals surface area contributed by atoms with E-state index in [1.807, 2.05) is 0 Å². The third-order valence-electron chi connectivity index (χ3n) is 5.00. The van der Waals surface area contributed by atoms with Crippen molar-refractivity contribution in [2.24, 2.45) is 0 Å². The van der Waals surface area contributed by atoms with Gasteiger partial charge >= 0.3 is 12.4 Å². The molecule has 0 aliphatic carbocycles. The number of hydrazine groups is 1. The first-order valence-electron chi connectivity index (χ1n) is 10.2. The number of anilines is 1. The van der Waals surface area contributed by atoms with E-state index >= 15 is 4.39 Å². The lowest BCUT2D eigenvalue weighted by molar-refractivity contribution is -0.140. The zero-order valence-corrected chi connectivity index (χ0v) is 21.1. The standard InChI is InChI=1S/C23H14Cl3F7N4O/c1-37(36-21-34-5-2-6-35-21)20(38)13-4-3-11(7-15(13)23(31,32)33)18(27)10-14(22(28,29)30)12-8-16(24)19(26)17(25)9-12/h2-10,14H,1H3,(H,34,35,36). The topological polar surface area (TPSA) is 58.1 Å². The predicted octanol–water partition coefficient (Wildman–Crippen LogP) is 8.21. The number of nitrogens with one attached hydrogen (secondary N) is 1. The number of alkyl halides is 6. The van der Waals surface area contributed by atoms with Crippen LogP contribution < -0.4 is 5.43 Å². The van der Waals surface area contributed by atoms with Crippen molar-refractivity contribution >= 4 is 52.5 Å². The molecule has 0 radical (unpaired) electrons. The van der Waals surface area contributed by atoms with E-state index in [1.54, 1.807) is 0 Å². The van der Waals surface area contributed by atoms with E-state index in [-0.39, 0.29) is 33.2 Å². The molecule has 0 aliphatic rings. The van der Waals surface area contributed by atoms with E-state index < -0.39 is 52.3 Å². The summed E-state index contributed by atoms with van der Waals surface area (Å²) in [5, 5.41) is -0.230. The predicted molar refractivity (Wildman–Crippen MR) is 129 cm³/mol. The lowest BCUT2D eigenvalue weighted by Crippen LogP contribution is -2.34. The Labute approximate surface area is 225 Å². The first-order valence-corrected chi connectivity index (χ1v) is 11.3. The smallest absolute Gasteiger partial charge is 0.267 e. The molecule has 5 nitrogen and oxygen atoms in total. The van der Waals surface area contributed by atoms with Crippen molar-refractivity contribution < 1.29 is 35.5 Å². The van der Waals surface area contributed by atoms with Gasteiger partial charge in [-0.15, -0.1) is 0 Å². The van der Waals surface area contributed by atoms with E-state index in [0.29, 0.717) is 11.1 Å². The summed E-state index contributed by atoms with van der Waals surface area (Å²) in [6.07, 6.45) is -7.52. The lowest BCUT2D eigenvalue weighted by atomic mass is 9.95. The van der Waals surface area contributed by atoms with Crippen molar-refractivity contribution in [1.29, 1.82) is 0 Å². The number of aromatic nitrogens is 2. The molecule has 0 aliphatic heterocycles. The minimum absolute atomic E-state index is 0.0767. The molecule has 0 saturated carbocycles. The van der Waals surface area contributed by atoms with Crippen molar-refractivity contribution in [2.45, 2.75) is 18.3 Å². The normalized spacial score (nSPS) is 13.3. The van der Waals surface area contributed by atoms with Crippen LogP contribution in [-0.4, -0.2) is 34.1 Å². The van der Waals surface area contributed by atoms with Gasteiger partial charge in [0.05, 0.1) is 26.2 Å². The first kappa shape index (κ1) is 29.5. The molecule has 15 heteroatoms. The van der Waals surface area contributed by atoms with Crippen LogP contribution in [-0.2, 0) is 6.18 Å². The lowest BCUT2D eigenvalue weighted by Gasteiger charge is -2.21. The van der Waals surface area contributed by atoms with Crippen LogP contribution in [0.15, 0.2) is 54.9 Å². The number of rotatable bonds is 6. The molecular weight excluding hydrogens is 588 g/mol. The fourth-order valence-corrected chi connectivity index (χ4v) is 3.84. The highest BCUT2D eigenvalue weighted by Crippen LogP contribution is 2.43. The molecule has 1 heterocycles. The fraction of sp³-hybridized carbons (Fsp3) is 0.174. The van der Waals surface area contributed by atoms with Crippen molar-refractivity contribution in [3.63, 3.8) is 0 Å². The Kier molecular flexibility index (Phi) is 8.79. The second-order valence-electron chi connectivity index (χ2n) is 7.64. The van der Waals surface area contributed by atoms with Crippen LogP contribution in [0.5, 0.6) is 0 Å². The highest BCUT2D eigenvalue weighted by atomic mass is 35.5.